The number of carbonyl (C=O) groups is 1. The largest absolute Gasteiger partial charge is 0.462 e. The zero-order valence-corrected chi connectivity index (χ0v) is 25.1. The number of ether oxygens (including phenoxy) is 1. The fraction of sp³-hybridized carbons (Fsp3) is 0.931. The third-order valence-electron chi connectivity index (χ3n) is 12.3. The average molecular weight is 575 g/mol. The molecule has 4 aliphatic carbocycles. The van der Waals surface area contributed by atoms with Crippen LogP contribution < -0.4 is 18.6 Å². The highest BCUT2D eigenvalue weighted by Gasteiger charge is 2.69. The molecule has 2 aliphatic heterocycles. The molecule has 2 heterocycles. The number of carbonyl (C=O) groups excluding carboxylic acids is 1. The van der Waals surface area contributed by atoms with Crippen molar-refractivity contribution in [1.82, 2.24) is 0 Å². The number of halogens is 2. The Bertz CT molecular complexity index is 979. The maximum absolute atomic E-state index is 11.6. The van der Waals surface area contributed by atoms with Crippen LogP contribution in [0.2, 0.25) is 0 Å². The molecule has 38 heavy (non-hydrogen) atoms. The molecule has 2 unspecified atom stereocenters. The van der Waals surface area contributed by atoms with E-state index in [9.17, 15) is 4.79 Å². The van der Waals surface area contributed by atoms with Crippen LogP contribution >= 0.6 is 11.6 Å². The second-order valence-corrected chi connectivity index (χ2v) is 15.6. The van der Waals surface area contributed by atoms with Crippen LogP contribution in [0.25, 0.3) is 0 Å². The maximum atomic E-state index is 11.6. The van der Waals surface area contributed by atoms with E-state index in [1.807, 2.05) is 5.71 Å². The van der Waals surface area contributed by atoms with E-state index in [1.54, 1.807) is 0 Å². The van der Waals surface area contributed by atoms with Gasteiger partial charge in [-0.25, -0.2) is 23.2 Å². The van der Waals surface area contributed by atoms with Crippen LogP contribution in [0.3, 0.4) is 0 Å². The van der Waals surface area contributed by atoms with Crippen molar-refractivity contribution in [2.75, 3.05) is 6.54 Å². The van der Waals surface area contributed by atoms with Gasteiger partial charge in [0.25, 0.3) is 0 Å². The minimum Gasteiger partial charge on any atom is -0.462 e. The summed E-state index contributed by atoms with van der Waals surface area (Å²) in [5.74, 6) is 4.71. The monoisotopic (exact) mass is 573 g/mol. The van der Waals surface area contributed by atoms with E-state index in [4.69, 9.17) is 35.0 Å². The smallest absolute Gasteiger partial charge is 0.302 e. The predicted octanol–water partition coefficient (Wildman–Crippen LogP) is 1.69. The zero-order valence-electron chi connectivity index (χ0n) is 23.5. The quantitative estimate of drug-likeness (QED) is 0.267. The second kappa shape index (κ2) is 9.84. The Kier molecular flexibility index (Phi) is 7.52. The van der Waals surface area contributed by atoms with E-state index in [1.165, 1.54) is 52.0 Å². The molecule has 11 atom stereocenters. The Hall–Kier alpha value is -0.440. The summed E-state index contributed by atoms with van der Waals surface area (Å²) < 4.78 is 42.6. The molecule has 0 radical (unpaired) electrons. The van der Waals surface area contributed by atoms with Crippen LogP contribution in [0, 0.1) is 56.6 Å². The number of alkyl halides is 1. The van der Waals surface area contributed by atoms with E-state index in [-0.39, 0.29) is 22.4 Å². The molecule has 5 fully saturated rings. The molecule has 7 nitrogen and oxygen atoms in total. The highest BCUT2D eigenvalue weighted by Crippen LogP contribution is 2.70. The summed E-state index contributed by atoms with van der Waals surface area (Å²) in [4.78, 5) is 11.4. The lowest BCUT2D eigenvalue weighted by Crippen LogP contribution is -2.68. The lowest BCUT2D eigenvalue weighted by molar-refractivity contribution is -2.00. The summed E-state index contributed by atoms with van der Waals surface area (Å²) in [6.45, 7) is 13.1. The lowest BCUT2D eigenvalue weighted by Gasteiger charge is -2.63. The molecule has 0 N–H and O–H groups in total. The molecular formula is C29H45Cl2NO6. The Morgan fingerprint density at radius 3 is 2.34 bits per heavy atom. The van der Waals surface area contributed by atoms with Crippen molar-refractivity contribution in [2.24, 2.45) is 46.3 Å². The molecule has 0 aromatic heterocycles. The third kappa shape index (κ3) is 4.75. The Labute approximate surface area is 234 Å². The van der Waals surface area contributed by atoms with Crippen molar-refractivity contribution < 1.29 is 43.0 Å². The molecule has 9 heteroatoms. The van der Waals surface area contributed by atoms with E-state index < -0.39 is 10.2 Å². The maximum Gasteiger partial charge on any atom is 0.302 e. The van der Waals surface area contributed by atoms with Gasteiger partial charge in [0.1, 0.15) is 12.6 Å². The Morgan fingerprint density at radius 1 is 1.00 bits per heavy atom. The number of rotatable bonds is 1. The number of hydrogen-bond donors (Lipinski definition) is 0. The molecule has 6 rings (SSSR count). The van der Waals surface area contributed by atoms with Gasteiger partial charge in [0.15, 0.2) is 11.8 Å². The minimum absolute atomic E-state index is 0.0127. The van der Waals surface area contributed by atoms with Crippen LogP contribution in [0.1, 0.15) is 98.8 Å². The summed E-state index contributed by atoms with van der Waals surface area (Å²) in [6, 6.07) is 0.813. The van der Waals surface area contributed by atoms with Gasteiger partial charge in [-0.3, -0.25) is 4.79 Å². The average Bonchev–Trinajstić information content (AvgIpc) is 3.25. The normalized spacial score (nSPS) is 49.5. The number of fused-ring (bicyclic) bond motifs is 8. The number of nitrogens with zero attached hydrogens (tertiary/aromatic N) is 1. The number of piperidine rings is 1. The summed E-state index contributed by atoms with van der Waals surface area (Å²) >= 11 is 7.52. The van der Waals surface area contributed by atoms with Crippen molar-refractivity contribution in [3.8, 4) is 0 Å². The van der Waals surface area contributed by atoms with Crippen molar-refractivity contribution in [3.05, 3.63) is 0 Å². The first-order chi connectivity index (χ1) is 17.6. The van der Waals surface area contributed by atoms with Gasteiger partial charge in [0.05, 0.1) is 10.8 Å². The highest BCUT2D eigenvalue weighted by molar-refractivity contribution is 6.24. The minimum atomic E-state index is -4.94. The first kappa shape index (κ1) is 29.1. The van der Waals surface area contributed by atoms with Gasteiger partial charge >= 0.3 is 5.97 Å². The van der Waals surface area contributed by atoms with Gasteiger partial charge in [-0.15, -0.1) is 21.8 Å². The van der Waals surface area contributed by atoms with E-state index in [0.717, 1.165) is 67.2 Å². The number of esters is 1. The van der Waals surface area contributed by atoms with E-state index >= 15 is 0 Å². The SMILES string of the molecule is CC(=O)O[C@H]1CC[C@]2(C)[C@H]3CC[C@]4(C)C5C(=[N+]6C[C@@H](C)CCC6[C@H]5C)C[C@H]4[C@@H]3CC[C@@]2(Cl)C1.[O-][Cl+3]([O-])([O-])[O-]. The molecule has 4 saturated carbocycles. The summed E-state index contributed by atoms with van der Waals surface area (Å²) in [6.07, 6.45) is 12.2. The Morgan fingerprint density at radius 2 is 1.68 bits per heavy atom. The van der Waals surface area contributed by atoms with Crippen LogP contribution in [0.4, 0.5) is 0 Å². The summed E-state index contributed by atoms with van der Waals surface area (Å²) in [5, 5.41) is 0. The molecule has 0 bridgehead atoms. The van der Waals surface area contributed by atoms with Gasteiger partial charge in [0, 0.05) is 38.0 Å². The molecule has 0 aromatic carbocycles. The predicted molar refractivity (Wildman–Crippen MR) is 133 cm³/mol. The fourth-order valence-electron chi connectivity index (χ4n) is 10.8. The van der Waals surface area contributed by atoms with Crippen LogP contribution in [0.5, 0.6) is 0 Å². The van der Waals surface area contributed by atoms with Crippen molar-refractivity contribution in [2.45, 2.75) is 116 Å². The summed E-state index contributed by atoms with van der Waals surface area (Å²) in [5.41, 5.74) is 2.51. The Balaban J connectivity index is 0.000000540. The second-order valence-electron chi connectivity index (χ2n) is 14.1. The lowest BCUT2D eigenvalue weighted by atomic mass is 9.44. The first-order valence-corrected chi connectivity index (χ1v) is 16.3. The molecule has 1 saturated heterocycles. The van der Waals surface area contributed by atoms with Gasteiger partial charge in [-0.05, 0) is 73.5 Å². The zero-order chi connectivity index (χ0) is 27.8. The van der Waals surface area contributed by atoms with Crippen LogP contribution in [-0.4, -0.2) is 39.8 Å². The number of hydrogen-bond acceptors (Lipinski definition) is 6. The molecule has 0 spiro atoms. The third-order valence-corrected chi connectivity index (χ3v) is 13.1. The molecule has 216 valence electrons. The van der Waals surface area contributed by atoms with Crippen molar-refractivity contribution in [1.29, 1.82) is 0 Å². The summed E-state index contributed by atoms with van der Waals surface area (Å²) in [7, 11) is -4.94. The van der Waals surface area contributed by atoms with Crippen LogP contribution in [-0.2, 0) is 9.53 Å². The van der Waals surface area contributed by atoms with Crippen molar-refractivity contribution >= 4 is 23.3 Å². The standard InChI is InChI=1S/C29H45ClNO2.ClHO4/c1-17-6-7-24-18(2)26-25(31(24)16-17)14-23-21-9-13-29(30)15-20(33-19(3)32)8-12-28(29,5)22(21)10-11-27(23,26)4;2-1(3,4)5/h17-18,20-24,26H,6-16H2,1-5H3;(H,2,3,4,5)/q+1;/p-1/t17-,18+,20-,21+,22-,23-,24?,26?,27-,28+,29+;/m0./s1. The van der Waals surface area contributed by atoms with Crippen LogP contribution in [0.15, 0.2) is 0 Å². The van der Waals surface area contributed by atoms with Gasteiger partial charge in [0.2, 0.25) is 0 Å². The molecule has 0 aromatic rings. The van der Waals surface area contributed by atoms with E-state index in [2.05, 4.69) is 32.3 Å². The highest BCUT2D eigenvalue weighted by atomic mass is 35.7. The topological polar surface area (TPSA) is 122 Å². The molecular weight excluding hydrogens is 529 g/mol. The van der Waals surface area contributed by atoms with Gasteiger partial charge in [-0.1, -0.05) is 27.7 Å². The molecule has 6 aliphatic rings. The van der Waals surface area contributed by atoms with Gasteiger partial charge < -0.3 is 4.74 Å². The fourth-order valence-corrected chi connectivity index (χ4v) is 11.3. The van der Waals surface area contributed by atoms with Crippen molar-refractivity contribution in [3.63, 3.8) is 0 Å². The van der Waals surface area contributed by atoms with Gasteiger partial charge in [-0.2, -0.15) is 0 Å². The molecule has 0 amide bonds. The van der Waals surface area contributed by atoms with E-state index in [0.29, 0.717) is 5.41 Å². The first-order valence-electron chi connectivity index (χ1n) is 14.7.